The van der Waals surface area contributed by atoms with Crippen molar-refractivity contribution in [2.75, 3.05) is 0 Å². The van der Waals surface area contributed by atoms with Crippen LogP contribution in [0.25, 0.3) is 21.9 Å². The van der Waals surface area contributed by atoms with E-state index in [2.05, 4.69) is 34.3 Å². The number of aromatic nitrogens is 2. The molecule has 4 heteroatoms. The second-order valence-electron chi connectivity index (χ2n) is 6.05. The summed E-state index contributed by atoms with van der Waals surface area (Å²) in [6.45, 7) is 6.10. The Morgan fingerprint density at radius 2 is 1.62 bits per heavy atom. The zero-order chi connectivity index (χ0) is 16.7. The number of benzene rings is 2. The highest BCUT2D eigenvalue weighted by molar-refractivity contribution is 6.08. The van der Waals surface area contributed by atoms with E-state index in [1.165, 1.54) is 5.39 Å². The number of pyridine rings is 1. The fourth-order valence-corrected chi connectivity index (χ4v) is 3.13. The molecule has 0 atom stereocenters. The minimum atomic E-state index is 0.843. The van der Waals surface area contributed by atoms with Crippen LogP contribution in [-0.4, -0.2) is 9.97 Å². The van der Waals surface area contributed by atoms with Crippen LogP contribution in [0.1, 0.15) is 16.8 Å². The van der Waals surface area contributed by atoms with Gasteiger partial charge in [-0.15, -0.1) is 5.11 Å². The summed E-state index contributed by atoms with van der Waals surface area (Å²) in [5.74, 6) is 0. The Hall–Kier alpha value is -3.01. The minimum Gasteiger partial charge on any atom is -0.339 e. The highest BCUT2D eigenvalue weighted by Gasteiger charge is 2.13. The summed E-state index contributed by atoms with van der Waals surface area (Å²) < 4.78 is 0. The van der Waals surface area contributed by atoms with Gasteiger partial charge in [0.15, 0.2) is 0 Å². The number of aromatic amines is 1. The van der Waals surface area contributed by atoms with Crippen molar-refractivity contribution in [1.29, 1.82) is 0 Å². The number of hydrogen-bond donors (Lipinski definition) is 1. The van der Waals surface area contributed by atoms with Crippen molar-refractivity contribution < 1.29 is 0 Å². The molecule has 2 aromatic heterocycles. The summed E-state index contributed by atoms with van der Waals surface area (Å²) in [5.41, 5.74) is 6.82. The maximum absolute atomic E-state index is 4.70. The number of azo groups is 1. The van der Waals surface area contributed by atoms with Crippen LogP contribution in [0.3, 0.4) is 0 Å². The molecule has 4 nitrogen and oxygen atoms in total. The lowest BCUT2D eigenvalue weighted by Crippen LogP contribution is -1.88. The average molecular weight is 314 g/mol. The van der Waals surface area contributed by atoms with Crippen LogP contribution in [0.2, 0.25) is 0 Å². The number of nitrogens with zero attached hydrogens (tertiary/aromatic N) is 3. The standard InChI is InChI=1S/C20H18N4/c1-12-8-4-6-10-16(12)23-24-19-13(2)18-15-9-5-7-11-17(15)22-20(18)21-14(19)3/h4-11H,1-3H3,(H,21,22). The molecule has 0 aliphatic carbocycles. The van der Waals surface area contributed by atoms with Crippen LogP contribution in [0, 0.1) is 20.8 Å². The first-order valence-corrected chi connectivity index (χ1v) is 8.00. The van der Waals surface area contributed by atoms with Gasteiger partial charge in [0, 0.05) is 16.3 Å². The van der Waals surface area contributed by atoms with Gasteiger partial charge in [-0.25, -0.2) is 4.98 Å². The summed E-state index contributed by atoms with van der Waals surface area (Å²) in [6.07, 6.45) is 0. The molecular weight excluding hydrogens is 296 g/mol. The van der Waals surface area contributed by atoms with Crippen molar-refractivity contribution in [3.63, 3.8) is 0 Å². The van der Waals surface area contributed by atoms with E-state index in [0.717, 1.165) is 44.7 Å². The Morgan fingerprint density at radius 1 is 0.875 bits per heavy atom. The van der Waals surface area contributed by atoms with Gasteiger partial charge in [0.2, 0.25) is 0 Å². The maximum atomic E-state index is 4.70. The first-order chi connectivity index (χ1) is 11.6. The Balaban J connectivity index is 1.92. The average Bonchev–Trinajstić information content (AvgIpc) is 2.94. The van der Waals surface area contributed by atoms with E-state index in [-0.39, 0.29) is 0 Å². The van der Waals surface area contributed by atoms with E-state index in [0.29, 0.717) is 0 Å². The van der Waals surface area contributed by atoms with Crippen molar-refractivity contribution in [3.05, 3.63) is 65.4 Å². The molecule has 0 fully saturated rings. The van der Waals surface area contributed by atoms with Crippen LogP contribution < -0.4 is 0 Å². The Bertz CT molecular complexity index is 1090. The van der Waals surface area contributed by atoms with Crippen molar-refractivity contribution in [1.82, 2.24) is 9.97 Å². The van der Waals surface area contributed by atoms with Crippen LogP contribution in [0.15, 0.2) is 58.8 Å². The monoisotopic (exact) mass is 314 g/mol. The molecule has 4 aromatic rings. The SMILES string of the molecule is Cc1ccccc1N=Nc1c(C)nc2[nH]c3ccccc3c2c1C. The molecular formula is C20H18N4. The van der Waals surface area contributed by atoms with E-state index < -0.39 is 0 Å². The van der Waals surface area contributed by atoms with Crippen molar-refractivity contribution in [2.45, 2.75) is 20.8 Å². The summed E-state index contributed by atoms with van der Waals surface area (Å²) in [5, 5.41) is 11.3. The molecule has 0 aliphatic rings. The molecule has 0 radical (unpaired) electrons. The molecule has 0 saturated heterocycles. The van der Waals surface area contributed by atoms with Crippen molar-refractivity contribution >= 4 is 33.3 Å². The molecule has 24 heavy (non-hydrogen) atoms. The molecule has 0 aliphatic heterocycles. The summed E-state index contributed by atoms with van der Waals surface area (Å²) >= 11 is 0. The maximum Gasteiger partial charge on any atom is 0.139 e. The topological polar surface area (TPSA) is 53.4 Å². The van der Waals surface area contributed by atoms with Gasteiger partial charge >= 0.3 is 0 Å². The normalized spacial score (nSPS) is 11.8. The molecule has 118 valence electrons. The smallest absolute Gasteiger partial charge is 0.139 e. The van der Waals surface area contributed by atoms with Gasteiger partial charge in [-0.1, -0.05) is 36.4 Å². The Labute approximate surface area is 140 Å². The molecule has 2 heterocycles. The minimum absolute atomic E-state index is 0.843. The zero-order valence-electron chi connectivity index (χ0n) is 14.0. The number of fused-ring (bicyclic) bond motifs is 3. The van der Waals surface area contributed by atoms with E-state index >= 15 is 0 Å². The largest absolute Gasteiger partial charge is 0.339 e. The third-order valence-corrected chi connectivity index (χ3v) is 4.41. The van der Waals surface area contributed by atoms with Gasteiger partial charge in [0.25, 0.3) is 0 Å². The molecule has 0 amide bonds. The van der Waals surface area contributed by atoms with Crippen molar-refractivity contribution in [3.8, 4) is 0 Å². The zero-order valence-corrected chi connectivity index (χ0v) is 14.0. The second-order valence-corrected chi connectivity index (χ2v) is 6.05. The molecule has 0 bridgehead atoms. The lowest BCUT2D eigenvalue weighted by atomic mass is 10.1. The van der Waals surface area contributed by atoms with Gasteiger partial charge in [0.1, 0.15) is 11.3 Å². The Morgan fingerprint density at radius 3 is 2.46 bits per heavy atom. The van der Waals surface area contributed by atoms with Gasteiger partial charge < -0.3 is 4.98 Å². The fourth-order valence-electron chi connectivity index (χ4n) is 3.13. The Kier molecular flexibility index (Phi) is 3.38. The predicted molar refractivity (Wildman–Crippen MR) is 98.4 cm³/mol. The van der Waals surface area contributed by atoms with E-state index in [1.807, 2.05) is 50.2 Å². The number of H-pyrrole nitrogens is 1. The van der Waals surface area contributed by atoms with Crippen LogP contribution in [0.5, 0.6) is 0 Å². The van der Waals surface area contributed by atoms with Gasteiger partial charge in [-0.05, 0) is 44.0 Å². The number of hydrogen-bond acceptors (Lipinski definition) is 3. The second kappa shape index (κ2) is 5.57. The summed E-state index contributed by atoms with van der Waals surface area (Å²) in [7, 11) is 0. The first kappa shape index (κ1) is 14.6. The van der Waals surface area contributed by atoms with Gasteiger partial charge in [-0.2, -0.15) is 5.11 Å². The fraction of sp³-hybridized carbons (Fsp3) is 0.150. The quantitative estimate of drug-likeness (QED) is 0.449. The van der Waals surface area contributed by atoms with Gasteiger partial charge in [0.05, 0.1) is 11.4 Å². The molecule has 0 saturated carbocycles. The molecule has 4 rings (SSSR count). The third kappa shape index (κ3) is 2.27. The third-order valence-electron chi connectivity index (χ3n) is 4.41. The van der Waals surface area contributed by atoms with Gasteiger partial charge in [-0.3, -0.25) is 0 Å². The lowest BCUT2D eigenvalue weighted by Gasteiger charge is -2.05. The van der Waals surface area contributed by atoms with Crippen LogP contribution >= 0.6 is 0 Å². The molecule has 1 N–H and O–H groups in total. The highest BCUT2D eigenvalue weighted by atomic mass is 15.1. The molecule has 0 unspecified atom stereocenters. The van der Waals surface area contributed by atoms with E-state index in [9.17, 15) is 0 Å². The molecule has 0 spiro atoms. The van der Waals surface area contributed by atoms with E-state index in [4.69, 9.17) is 4.98 Å². The number of aryl methyl sites for hydroxylation is 3. The lowest BCUT2D eigenvalue weighted by molar-refractivity contribution is 1.13. The van der Waals surface area contributed by atoms with E-state index in [1.54, 1.807) is 0 Å². The van der Waals surface area contributed by atoms with Crippen molar-refractivity contribution in [2.24, 2.45) is 10.2 Å². The molecule has 2 aromatic carbocycles. The summed E-state index contributed by atoms with van der Waals surface area (Å²) in [6, 6.07) is 16.2. The van der Waals surface area contributed by atoms with Crippen LogP contribution in [-0.2, 0) is 0 Å². The highest BCUT2D eigenvalue weighted by Crippen LogP contribution is 2.35. The number of nitrogens with one attached hydrogen (secondary N) is 1. The number of para-hydroxylation sites is 1. The number of rotatable bonds is 2. The predicted octanol–water partition coefficient (Wildman–Crippen LogP) is 6.06. The first-order valence-electron chi connectivity index (χ1n) is 8.00. The summed E-state index contributed by atoms with van der Waals surface area (Å²) in [4.78, 5) is 8.09. The van der Waals surface area contributed by atoms with Crippen LogP contribution in [0.4, 0.5) is 11.4 Å².